The molecule has 1 fully saturated rings. The van der Waals surface area contributed by atoms with Gasteiger partial charge in [0, 0.05) is 17.5 Å². The van der Waals surface area contributed by atoms with Crippen molar-refractivity contribution in [1.29, 1.82) is 0 Å². The van der Waals surface area contributed by atoms with Gasteiger partial charge in [-0.25, -0.2) is 4.99 Å². The Hall–Kier alpha value is -3.36. The van der Waals surface area contributed by atoms with Gasteiger partial charge in [-0.05, 0) is 92.2 Å². The number of carbonyl (C=O) groups excluding carboxylic acids is 1. The van der Waals surface area contributed by atoms with Crippen LogP contribution in [0.5, 0.6) is 11.5 Å². The fourth-order valence-electron chi connectivity index (χ4n) is 3.98. The highest BCUT2D eigenvalue weighted by atomic mass is 32.2. The second-order valence-electron chi connectivity index (χ2n) is 8.24. The molecule has 2 heterocycles. The smallest absolute Gasteiger partial charge is 0.274 e. The van der Waals surface area contributed by atoms with Crippen molar-refractivity contribution in [2.24, 2.45) is 4.99 Å². The summed E-state index contributed by atoms with van der Waals surface area (Å²) in [4.78, 5) is 24.2. The van der Waals surface area contributed by atoms with Crippen LogP contribution in [0.4, 0.5) is 17.1 Å². The first kappa shape index (κ1) is 23.4. The van der Waals surface area contributed by atoms with Crippen molar-refractivity contribution in [3.63, 3.8) is 0 Å². The average molecular weight is 504 g/mol. The van der Waals surface area contributed by atoms with Crippen molar-refractivity contribution in [2.75, 3.05) is 23.5 Å². The monoisotopic (exact) mass is 503 g/mol. The largest absolute Gasteiger partial charge is 0.508 e. The number of amides is 1. The number of thioether (sulfide) groups is 2. The van der Waals surface area contributed by atoms with Crippen molar-refractivity contribution in [3.8, 4) is 11.5 Å². The third-order valence-electron chi connectivity index (χ3n) is 6.02. The van der Waals surface area contributed by atoms with E-state index in [-0.39, 0.29) is 11.7 Å². The molecule has 5 rings (SSSR count). The molecule has 8 heteroatoms. The molecular formula is C27H25N3O3S2. The van der Waals surface area contributed by atoms with Gasteiger partial charge >= 0.3 is 0 Å². The SMILES string of the molecule is CCN1/C(=C2/SC(=Nc3ccc(C)c(C)c3)N(c3ccc(O)cc3)C2=O)Sc2ccc(OC)cc21. The minimum absolute atomic E-state index is 0.135. The number of benzene rings is 3. The second-order valence-corrected chi connectivity index (χ2v) is 10.2. The number of rotatable bonds is 4. The lowest BCUT2D eigenvalue weighted by atomic mass is 10.1. The number of amidine groups is 1. The van der Waals surface area contributed by atoms with Crippen LogP contribution in [0, 0.1) is 13.8 Å². The fourth-order valence-corrected chi connectivity index (χ4v) is 6.36. The van der Waals surface area contributed by atoms with Crippen molar-refractivity contribution in [2.45, 2.75) is 25.7 Å². The number of aryl methyl sites for hydroxylation is 2. The van der Waals surface area contributed by atoms with E-state index in [2.05, 4.69) is 25.7 Å². The number of phenolic OH excluding ortho intramolecular Hbond substituents is 1. The predicted octanol–water partition coefficient (Wildman–Crippen LogP) is 6.59. The topological polar surface area (TPSA) is 65.4 Å². The lowest BCUT2D eigenvalue weighted by molar-refractivity contribution is -0.113. The Kier molecular flexibility index (Phi) is 6.25. The molecule has 0 saturated carbocycles. The van der Waals surface area contributed by atoms with Crippen LogP contribution < -0.4 is 14.5 Å². The molecule has 35 heavy (non-hydrogen) atoms. The molecule has 6 nitrogen and oxygen atoms in total. The maximum Gasteiger partial charge on any atom is 0.274 e. The number of phenols is 1. The highest BCUT2D eigenvalue weighted by Crippen LogP contribution is 2.52. The minimum atomic E-state index is -0.135. The molecule has 0 unspecified atom stereocenters. The van der Waals surface area contributed by atoms with Gasteiger partial charge in [-0.2, -0.15) is 0 Å². The molecule has 178 valence electrons. The average Bonchev–Trinajstić information content (AvgIpc) is 3.38. The molecule has 1 N–H and O–H groups in total. The zero-order valence-corrected chi connectivity index (χ0v) is 21.5. The molecule has 1 amide bonds. The Morgan fingerprint density at radius 3 is 2.43 bits per heavy atom. The van der Waals surface area contributed by atoms with Gasteiger partial charge in [0.15, 0.2) is 5.17 Å². The molecule has 0 aliphatic carbocycles. The summed E-state index contributed by atoms with van der Waals surface area (Å²) in [5, 5.41) is 11.3. The third-order valence-corrected chi connectivity index (χ3v) is 8.37. The quantitative estimate of drug-likeness (QED) is 0.406. The van der Waals surface area contributed by atoms with Gasteiger partial charge in [-0.1, -0.05) is 17.8 Å². The Morgan fingerprint density at radius 1 is 0.971 bits per heavy atom. The Morgan fingerprint density at radius 2 is 1.74 bits per heavy atom. The van der Waals surface area contributed by atoms with E-state index in [0.29, 0.717) is 22.3 Å². The van der Waals surface area contributed by atoms with Gasteiger partial charge in [0.1, 0.15) is 21.4 Å². The molecule has 0 radical (unpaired) electrons. The first-order chi connectivity index (χ1) is 16.9. The van der Waals surface area contributed by atoms with E-state index < -0.39 is 0 Å². The lowest BCUT2D eigenvalue weighted by Crippen LogP contribution is -2.29. The first-order valence-electron chi connectivity index (χ1n) is 11.2. The molecule has 0 atom stereocenters. The third kappa shape index (κ3) is 4.28. The standard InChI is InChI=1S/C27H25N3O3S2/c1-5-29-22-15-21(33-4)12-13-23(22)34-26(29)24-25(32)30(19-8-10-20(31)11-9-19)27(35-24)28-18-7-6-16(2)17(3)14-18/h6-15,31H,5H2,1-4H3/b26-24-,28-27?. The molecule has 3 aromatic rings. The highest BCUT2D eigenvalue weighted by molar-refractivity contribution is 8.20. The van der Waals surface area contributed by atoms with Gasteiger partial charge < -0.3 is 14.7 Å². The van der Waals surface area contributed by atoms with Crippen LogP contribution in [0.1, 0.15) is 18.1 Å². The van der Waals surface area contributed by atoms with E-state index in [1.165, 1.54) is 17.3 Å². The zero-order valence-electron chi connectivity index (χ0n) is 19.9. The van der Waals surface area contributed by atoms with E-state index >= 15 is 0 Å². The van der Waals surface area contributed by atoms with Crippen molar-refractivity contribution in [1.82, 2.24) is 0 Å². The maximum atomic E-state index is 13.9. The second kappa shape index (κ2) is 9.36. The summed E-state index contributed by atoms with van der Waals surface area (Å²) < 4.78 is 5.43. The van der Waals surface area contributed by atoms with E-state index in [9.17, 15) is 9.90 Å². The van der Waals surface area contributed by atoms with E-state index in [1.807, 2.05) is 36.4 Å². The highest BCUT2D eigenvalue weighted by Gasteiger charge is 2.40. The van der Waals surface area contributed by atoms with Crippen LogP contribution in [-0.2, 0) is 4.79 Å². The summed E-state index contributed by atoms with van der Waals surface area (Å²) in [6.07, 6.45) is 0. The number of methoxy groups -OCH3 is 1. The van der Waals surface area contributed by atoms with Gasteiger partial charge in [0.2, 0.25) is 0 Å². The maximum absolute atomic E-state index is 13.9. The number of nitrogens with zero attached hydrogens (tertiary/aromatic N) is 3. The summed E-state index contributed by atoms with van der Waals surface area (Å²) in [5.41, 5.74) is 4.81. The number of aromatic hydroxyl groups is 1. The Bertz CT molecular complexity index is 1380. The summed E-state index contributed by atoms with van der Waals surface area (Å²) in [6.45, 7) is 6.90. The Balaban J connectivity index is 1.62. The Labute approximate surface area is 213 Å². The van der Waals surface area contributed by atoms with Gasteiger partial charge in [0.05, 0.1) is 24.2 Å². The van der Waals surface area contributed by atoms with Gasteiger partial charge in [-0.15, -0.1) is 0 Å². The molecule has 1 saturated heterocycles. The normalized spacial score (nSPS) is 18.5. The number of fused-ring (bicyclic) bond motifs is 1. The number of hydrogen-bond acceptors (Lipinski definition) is 7. The molecule has 2 aliphatic rings. The molecule has 2 aliphatic heterocycles. The predicted molar refractivity (Wildman–Crippen MR) is 145 cm³/mol. The van der Waals surface area contributed by atoms with Crippen LogP contribution in [0.3, 0.4) is 0 Å². The summed E-state index contributed by atoms with van der Waals surface area (Å²) in [6, 6.07) is 18.6. The van der Waals surface area contributed by atoms with Crippen LogP contribution in [0.25, 0.3) is 0 Å². The van der Waals surface area contributed by atoms with Crippen molar-refractivity contribution < 1.29 is 14.6 Å². The number of anilines is 2. The van der Waals surface area contributed by atoms with Crippen LogP contribution in [0.2, 0.25) is 0 Å². The lowest BCUT2D eigenvalue weighted by Gasteiger charge is -2.19. The van der Waals surface area contributed by atoms with Crippen molar-refractivity contribution in [3.05, 3.63) is 81.7 Å². The first-order valence-corrected chi connectivity index (χ1v) is 12.9. The summed E-state index contributed by atoms with van der Waals surface area (Å²) in [7, 11) is 1.65. The number of hydrogen-bond donors (Lipinski definition) is 1. The number of ether oxygens (including phenoxy) is 1. The van der Waals surface area contributed by atoms with E-state index in [1.54, 1.807) is 48.0 Å². The van der Waals surface area contributed by atoms with E-state index in [4.69, 9.17) is 9.73 Å². The zero-order chi connectivity index (χ0) is 24.7. The van der Waals surface area contributed by atoms with E-state index in [0.717, 1.165) is 32.6 Å². The van der Waals surface area contributed by atoms with Gasteiger partial charge in [-0.3, -0.25) is 9.69 Å². The molecule has 0 bridgehead atoms. The van der Waals surface area contributed by atoms with Crippen LogP contribution >= 0.6 is 23.5 Å². The van der Waals surface area contributed by atoms with Gasteiger partial charge in [0.25, 0.3) is 5.91 Å². The minimum Gasteiger partial charge on any atom is -0.508 e. The van der Waals surface area contributed by atoms with Crippen molar-refractivity contribution >= 4 is 51.7 Å². The fraction of sp³-hybridized carbons (Fsp3) is 0.185. The van der Waals surface area contributed by atoms with Crippen LogP contribution in [-0.4, -0.2) is 29.8 Å². The number of aliphatic imine (C=N–C) groups is 1. The molecular weight excluding hydrogens is 478 g/mol. The number of carbonyl (C=O) groups is 1. The summed E-state index contributed by atoms with van der Waals surface area (Å²) >= 11 is 2.97. The van der Waals surface area contributed by atoms with Crippen LogP contribution in [0.15, 0.2) is 80.5 Å². The molecule has 0 aromatic heterocycles. The summed E-state index contributed by atoms with van der Waals surface area (Å²) in [5.74, 6) is 0.790. The molecule has 0 spiro atoms. The molecule has 3 aromatic carbocycles.